The van der Waals surface area contributed by atoms with E-state index in [4.69, 9.17) is 97.8 Å². The maximum absolute atomic E-state index is 6.98. The van der Waals surface area contributed by atoms with Crippen molar-refractivity contribution in [2.75, 3.05) is 0 Å². The molecule has 61 heavy (non-hydrogen) atoms. The predicted octanol–water partition coefficient (Wildman–Crippen LogP) is 0.175. The minimum absolute atomic E-state index is 0.126. The fourth-order valence-electron chi connectivity index (χ4n) is 8.48. The van der Waals surface area contributed by atoms with E-state index in [0.717, 1.165) is 27.5 Å². The van der Waals surface area contributed by atoms with Crippen molar-refractivity contribution in [3.8, 4) is 39.9 Å². The summed E-state index contributed by atoms with van der Waals surface area (Å²) in [6, 6.07) is 31.4. The third kappa shape index (κ3) is 5.43. The maximum Gasteiger partial charge on any atom is 0.164 e. The maximum atomic E-state index is 6.98. The second-order valence-electron chi connectivity index (χ2n) is 15.0. The van der Waals surface area contributed by atoms with Crippen molar-refractivity contribution >= 4 is 208 Å². The summed E-state index contributed by atoms with van der Waals surface area (Å²) in [5.74, 6) is 1.61. The summed E-state index contributed by atoms with van der Waals surface area (Å²) in [6.07, 6.45) is 0. The highest BCUT2D eigenvalue weighted by Crippen LogP contribution is 2.41. The van der Waals surface area contributed by atoms with Gasteiger partial charge in [0, 0.05) is 54.8 Å². The molecular weight excluding hydrogens is 753 g/mol. The van der Waals surface area contributed by atoms with Gasteiger partial charge in [-0.1, -0.05) is 99.5 Å². The first-order valence-corrected chi connectivity index (χ1v) is 19.8. The molecule has 0 saturated carbocycles. The van der Waals surface area contributed by atoms with Crippen LogP contribution in [0.1, 0.15) is 0 Å². The largest absolute Gasteiger partial charge is 0.456 e. The third-order valence-electron chi connectivity index (χ3n) is 11.6. The number of rotatable bonds is 4. The summed E-state index contributed by atoms with van der Waals surface area (Å²) in [4.78, 5) is 14.7. The highest BCUT2D eigenvalue weighted by molar-refractivity contribution is 7.28. The van der Waals surface area contributed by atoms with Crippen LogP contribution in [0.15, 0.2) is 101 Å². The normalized spacial score (nSPS) is 11.9. The van der Waals surface area contributed by atoms with Crippen LogP contribution in [0.2, 0.25) is 0 Å². The van der Waals surface area contributed by atoms with E-state index in [1.165, 1.54) is 11.3 Å². The van der Waals surface area contributed by atoms with Crippen LogP contribution in [0.4, 0.5) is 0 Å². The van der Waals surface area contributed by atoms with Crippen LogP contribution >= 0.6 is 11.3 Å². The van der Waals surface area contributed by atoms with Crippen LogP contribution in [0.3, 0.4) is 0 Å². The molecule has 4 heterocycles. The molecule has 0 aliphatic heterocycles. The Labute approximate surface area is 367 Å². The van der Waals surface area contributed by atoms with Gasteiger partial charge in [0.2, 0.25) is 0 Å². The van der Waals surface area contributed by atoms with Crippen LogP contribution in [0, 0.1) is 0 Å². The molecule has 16 heteroatoms. The fourth-order valence-corrected chi connectivity index (χ4v) is 9.82. The molecule has 7 aromatic carbocycles. The van der Waals surface area contributed by atoms with Gasteiger partial charge < -0.3 is 8.98 Å². The average Bonchev–Trinajstić information content (AvgIpc) is 3.98. The Morgan fingerprint density at radius 1 is 0.393 bits per heavy atom. The Hall–Kier alpha value is -5.98. The number of hydrogen-bond donors (Lipinski definition) is 0. The first-order chi connectivity index (χ1) is 29.4. The topological polar surface area (TPSA) is 56.7 Å². The molecule has 0 aliphatic carbocycles. The van der Waals surface area contributed by atoms with Crippen LogP contribution in [0.25, 0.3) is 104 Å². The number of furan rings is 1. The zero-order valence-corrected chi connectivity index (χ0v) is 32.9. The molecule has 0 spiro atoms. The highest BCUT2D eigenvalue weighted by atomic mass is 32.1. The van der Waals surface area contributed by atoms with E-state index in [0.29, 0.717) is 76.3 Å². The van der Waals surface area contributed by atoms with E-state index < -0.39 is 0 Å². The van der Waals surface area contributed by atoms with Crippen molar-refractivity contribution in [1.82, 2.24) is 19.5 Å². The van der Waals surface area contributed by atoms with Crippen molar-refractivity contribution < 1.29 is 4.42 Å². The second-order valence-corrected chi connectivity index (χ2v) is 16.0. The second kappa shape index (κ2) is 13.8. The van der Waals surface area contributed by atoms with Gasteiger partial charge in [-0.05, 0) is 40.4 Å². The first-order valence-electron chi connectivity index (χ1n) is 19.0. The summed E-state index contributed by atoms with van der Waals surface area (Å²) in [6.45, 7) is 0. The lowest BCUT2D eigenvalue weighted by Gasteiger charge is -2.16. The lowest BCUT2D eigenvalue weighted by molar-refractivity contribution is 0.668. The summed E-state index contributed by atoms with van der Waals surface area (Å²) in [5, 5.41) is 3.87. The molecule has 0 bridgehead atoms. The van der Waals surface area contributed by atoms with Gasteiger partial charge in [0.1, 0.15) is 89.6 Å². The average molecular weight is 769 g/mol. The first kappa shape index (κ1) is 38.0. The lowest BCUT2D eigenvalue weighted by Crippen LogP contribution is -2.48. The summed E-state index contributed by atoms with van der Waals surface area (Å²) in [7, 11) is 66.4. The summed E-state index contributed by atoms with van der Waals surface area (Å²) >= 11 is 1.35. The quantitative estimate of drug-likeness (QED) is 0.240. The Morgan fingerprint density at radius 3 is 1.48 bits per heavy atom. The molecule has 0 amide bonds. The molecule has 0 unspecified atom stereocenters. The number of thiophene rings is 1. The molecule has 11 aromatic rings. The number of hydrogen-bond acceptors (Lipinski definition) is 5. The summed E-state index contributed by atoms with van der Waals surface area (Å²) in [5.41, 5.74) is 7.44. The summed E-state index contributed by atoms with van der Waals surface area (Å²) < 4.78 is 9.88. The smallest absolute Gasteiger partial charge is 0.164 e. The molecule has 11 rings (SSSR count). The van der Waals surface area contributed by atoms with E-state index in [9.17, 15) is 0 Å². The van der Waals surface area contributed by atoms with Crippen LogP contribution < -0.4 is 54.6 Å². The SMILES string of the molecule is [B]c1c([B])c([B])c2c(sc3c2c([B])c([B])c2c4c([B])c([B])c([B])c([B])c4n(-c4ccc5c(c4)oc4cc(-c6nc(-c7ccccc7)nc(-c7ccccc7)n6)ccc45)c32)c1[B]. The molecule has 0 N–H and O–H groups in total. The van der Waals surface area contributed by atoms with Gasteiger partial charge in [-0.15, -0.1) is 33.2 Å². The molecular formula is C45H16B10N4OS. The van der Waals surface area contributed by atoms with Crippen molar-refractivity contribution in [2.45, 2.75) is 0 Å². The number of fused-ring (bicyclic) bond motifs is 10. The number of nitrogens with zero attached hydrogens (tertiary/aromatic N) is 4. The fraction of sp³-hybridized carbons (Fsp3) is 0. The van der Waals surface area contributed by atoms with Crippen LogP contribution in [0.5, 0.6) is 0 Å². The van der Waals surface area contributed by atoms with Gasteiger partial charge >= 0.3 is 0 Å². The predicted molar refractivity (Wildman–Crippen MR) is 265 cm³/mol. The monoisotopic (exact) mass is 770 g/mol. The van der Waals surface area contributed by atoms with Gasteiger partial charge in [0.15, 0.2) is 17.5 Å². The number of benzene rings is 7. The standard InChI is InChI=1S/C45H16B10N4OS/c46-29-26-25-30(47)33(50)35(52)37(54)39(25)59(40(26)42-28(31(29)48)27-32(49)34(51)36(53)38(55)41(27)61-42)20-12-14-22-21-13-11-19(15-23(21)60-24(22)16-20)45-57-43(17-7-3-1-4-8-17)56-44(58-45)18-9-5-2-6-10-18/h1-16H. The van der Waals surface area contributed by atoms with E-state index in [-0.39, 0.29) is 54.6 Å². The molecule has 0 atom stereocenters. The van der Waals surface area contributed by atoms with Crippen LogP contribution in [-0.2, 0) is 0 Å². The van der Waals surface area contributed by atoms with Crippen LogP contribution in [-0.4, -0.2) is 98.0 Å². The molecule has 0 fully saturated rings. The molecule has 0 saturated heterocycles. The van der Waals surface area contributed by atoms with Crippen molar-refractivity contribution in [3.05, 3.63) is 97.1 Å². The number of aromatic nitrogens is 4. The zero-order valence-electron chi connectivity index (χ0n) is 32.1. The molecule has 4 aromatic heterocycles. The molecule has 20 radical (unpaired) electrons. The minimum atomic E-state index is 0.126. The molecule has 258 valence electrons. The lowest BCUT2D eigenvalue weighted by atomic mass is 9.64. The molecule has 0 aliphatic rings. The van der Waals surface area contributed by atoms with Gasteiger partial charge in [-0.25, -0.2) is 15.0 Å². The van der Waals surface area contributed by atoms with Gasteiger partial charge in [0.25, 0.3) is 0 Å². The van der Waals surface area contributed by atoms with E-state index in [2.05, 4.69) is 0 Å². The van der Waals surface area contributed by atoms with E-state index >= 15 is 0 Å². The van der Waals surface area contributed by atoms with Crippen molar-refractivity contribution in [3.63, 3.8) is 0 Å². The Balaban J connectivity index is 1.17. The van der Waals surface area contributed by atoms with Gasteiger partial charge in [0.05, 0.1) is 10.2 Å². The molecule has 5 nitrogen and oxygen atoms in total. The Bertz CT molecular complexity index is 3660. The van der Waals surface area contributed by atoms with Crippen molar-refractivity contribution in [2.24, 2.45) is 0 Å². The van der Waals surface area contributed by atoms with E-state index in [1.54, 1.807) is 0 Å². The highest BCUT2D eigenvalue weighted by Gasteiger charge is 2.26. The van der Waals surface area contributed by atoms with Gasteiger partial charge in [-0.3, -0.25) is 0 Å². The zero-order chi connectivity index (χ0) is 42.2. The van der Waals surface area contributed by atoms with Gasteiger partial charge in [-0.2, -0.15) is 0 Å². The minimum Gasteiger partial charge on any atom is -0.456 e. The Morgan fingerprint density at radius 2 is 0.852 bits per heavy atom. The van der Waals surface area contributed by atoms with E-state index in [1.807, 2.05) is 102 Å². The third-order valence-corrected chi connectivity index (χ3v) is 12.8. The van der Waals surface area contributed by atoms with Crippen molar-refractivity contribution in [1.29, 1.82) is 0 Å². The Kier molecular flexibility index (Phi) is 8.57.